The predicted octanol–water partition coefficient (Wildman–Crippen LogP) is 5.40. The van der Waals surface area contributed by atoms with Crippen LogP contribution >= 0.6 is 0 Å². The van der Waals surface area contributed by atoms with E-state index < -0.39 is 0 Å². The molecule has 7 nitrogen and oxygen atoms in total. The smallest absolute Gasteiger partial charge is 0.161 e. The van der Waals surface area contributed by atoms with Gasteiger partial charge in [0.1, 0.15) is 17.9 Å². The molecule has 0 N–H and O–H groups in total. The molecule has 2 heterocycles. The van der Waals surface area contributed by atoms with Gasteiger partial charge in [-0.2, -0.15) is 0 Å². The Morgan fingerprint density at radius 3 is 2.41 bits per heavy atom. The van der Waals surface area contributed by atoms with E-state index >= 15 is 0 Å². The molecule has 0 fully saturated rings. The van der Waals surface area contributed by atoms with Gasteiger partial charge in [0.05, 0.1) is 20.4 Å². The maximum absolute atomic E-state index is 5.52. The summed E-state index contributed by atoms with van der Waals surface area (Å²) >= 11 is 0. The summed E-state index contributed by atoms with van der Waals surface area (Å²) in [5.74, 6) is 2.01. The van der Waals surface area contributed by atoms with Crippen LogP contribution in [0, 0.1) is 0 Å². The first-order valence-electron chi connectivity index (χ1n) is 10.9. The van der Waals surface area contributed by atoms with Crippen LogP contribution in [-0.4, -0.2) is 34.4 Å². The van der Waals surface area contributed by atoms with Gasteiger partial charge in [0.25, 0.3) is 0 Å². The van der Waals surface area contributed by atoms with Gasteiger partial charge in [-0.3, -0.25) is 0 Å². The maximum atomic E-state index is 5.52. The molecule has 0 aliphatic rings. The van der Waals surface area contributed by atoms with Gasteiger partial charge in [-0.15, -0.1) is 5.10 Å². The summed E-state index contributed by atoms with van der Waals surface area (Å²) < 4.78 is 17.9. The van der Waals surface area contributed by atoms with Crippen molar-refractivity contribution in [2.45, 2.75) is 39.2 Å². The molecule has 32 heavy (non-hydrogen) atoms. The van der Waals surface area contributed by atoms with Crippen molar-refractivity contribution in [3.63, 3.8) is 0 Å². The Morgan fingerprint density at radius 2 is 1.66 bits per heavy atom. The molecule has 0 aliphatic carbocycles. The van der Waals surface area contributed by atoms with Gasteiger partial charge in [0, 0.05) is 17.2 Å². The van der Waals surface area contributed by atoms with E-state index in [1.807, 2.05) is 30.5 Å². The fourth-order valence-electron chi connectivity index (χ4n) is 3.61. The molecule has 7 heteroatoms. The van der Waals surface area contributed by atoms with Crippen LogP contribution in [0.15, 0.2) is 59.3 Å². The third-order valence-electron chi connectivity index (χ3n) is 5.41. The van der Waals surface area contributed by atoms with E-state index in [-0.39, 0.29) is 0 Å². The van der Waals surface area contributed by atoms with E-state index in [4.69, 9.17) is 14.0 Å². The maximum Gasteiger partial charge on any atom is 0.161 e. The molecular formula is C25H28N4O3. The first-order chi connectivity index (χ1) is 15.7. The van der Waals surface area contributed by atoms with E-state index in [9.17, 15) is 0 Å². The van der Waals surface area contributed by atoms with Gasteiger partial charge >= 0.3 is 0 Å². The molecule has 166 valence electrons. The van der Waals surface area contributed by atoms with Gasteiger partial charge in [-0.25, -0.2) is 4.68 Å². The van der Waals surface area contributed by atoms with Crippen LogP contribution in [-0.2, 0) is 13.0 Å². The minimum absolute atomic E-state index is 0.447. The molecule has 4 aromatic rings. The zero-order valence-electron chi connectivity index (χ0n) is 18.7. The minimum Gasteiger partial charge on any atom is -0.493 e. The topological polar surface area (TPSA) is 75.2 Å². The Kier molecular flexibility index (Phi) is 6.84. The number of unbranched alkanes of at least 4 members (excludes halogenated alkanes) is 2. The van der Waals surface area contributed by atoms with Crippen molar-refractivity contribution in [3.8, 4) is 34.0 Å². The molecule has 0 atom stereocenters. The highest BCUT2D eigenvalue weighted by Gasteiger charge is 2.12. The van der Waals surface area contributed by atoms with Crippen molar-refractivity contribution in [3.05, 3.63) is 66.1 Å². The third-order valence-corrected chi connectivity index (χ3v) is 5.41. The number of aromatic nitrogens is 4. The van der Waals surface area contributed by atoms with E-state index in [0.29, 0.717) is 23.8 Å². The lowest BCUT2D eigenvalue weighted by Crippen LogP contribution is -1.98. The van der Waals surface area contributed by atoms with Crippen LogP contribution < -0.4 is 9.47 Å². The van der Waals surface area contributed by atoms with Gasteiger partial charge in [0.15, 0.2) is 17.3 Å². The van der Waals surface area contributed by atoms with Crippen LogP contribution in [0.4, 0.5) is 0 Å². The first-order valence-corrected chi connectivity index (χ1v) is 10.9. The predicted molar refractivity (Wildman–Crippen MR) is 123 cm³/mol. The molecule has 0 saturated carbocycles. The molecule has 0 bridgehead atoms. The van der Waals surface area contributed by atoms with Crippen molar-refractivity contribution in [1.82, 2.24) is 20.2 Å². The van der Waals surface area contributed by atoms with Crippen molar-refractivity contribution in [1.29, 1.82) is 0 Å². The largest absolute Gasteiger partial charge is 0.493 e. The Hall–Kier alpha value is -3.61. The van der Waals surface area contributed by atoms with Crippen molar-refractivity contribution < 1.29 is 14.0 Å². The van der Waals surface area contributed by atoms with Crippen molar-refractivity contribution in [2.75, 3.05) is 14.2 Å². The number of benzene rings is 2. The monoisotopic (exact) mass is 432 g/mol. The Bertz CT molecular complexity index is 1150. The lowest BCUT2D eigenvalue weighted by atomic mass is 10.0. The summed E-state index contributed by atoms with van der Waals surface area (Å²) in [5.41, 5.74) is 4.86. The minimum atomic E-state index is 0.447. The van der Waals surface area contributed by atoms with Crippen LogP contribution in [0.25, 0.3) is 22.5 Å². The molecule has 0 saturated heterocycles. The van der Waals surface area contributed by atoms with Crippen molar-refractivity contribution >= 4 is 0 Å². The third kappa shape index (κ3) is 4.99. The molecule has 0 amide bonds. The average Bonchev–Trinajstić information content (AvgIpc) is 3.49. The highest BCUT2D eigenvalue weighted by molar-refractivity contribution is 5.64. The number of hydrogen-bond donors (Lipinski definition) is 0. The number of aryl methyl sites for hydroxylation is 1. The number of ether oxygens (including phenoxy) is 2. The van der Waals surface area contributed by atoms with Crippen molar-refractivity contribution in [2.24, 2.45) is 0 Å². The summed E-state index contributed by atoms with van der Waals surface area (Å²) in [4.78, 5) is 0. The second-order valence-electron chi connectivity index (χ2n) is 7.70. The summed E-state index contributed by atoms with van der Waals surface area (Å²) in [6.07, 6.45) is 6.78. The summed E-state index contributed by atoms with van der Waals surface area (Å²) in [5, 5.41) is 12.7. The van der Waals surface area contributed by atoms with E-state index in [1.165, 1.54) is 24.8 Å². The Morgan fingerprint density at radius 1 is 0.875 bits per heavy atom. The average molecular weight is 433 g/mol. The van der Waals surface area contributed by atoms with Crippen LogP contribution in [0.2, 0.25) is 0 Å². The highest BCUT2D eigenvalue weighted by atomic mass is 16.5. The number of methoxy groups -OCH3 is 2. The quantitative estimate of drug-likeness (QED) is 0.312. The van der Waals surface area contributed by atoms with Gasteiger partial charge < -0.3 is 14.0 Å². The van der Waals surface area contributed by atoms with Gasteiger partial charge in [-0.1, -0.05) is 54.4 Å². The van der Waals surface area contributed by atoms with E-state index in [0.717, 1.165) is 28.9 Å². The first kappa shape index (κ1) is 21.6. The highest BCUT2D eigenvalue weighted by Crippen LogP contribution is 2.32. The lowest BCUT2D eigenvalue weighted by Gasteiger charge is -2.07. The van der Waals surface area contributed by atoms with E-state index in [1.54, 1.807) is 18.9 Å². The normalized spacial score (nSPS) is 11.0. The number of rotatable bonds is 10. The molecule has 4 rings (SSSR count). The molecule has 0 spiro atoms. The molecule has 2 aromatic heterocycles. The molecule has 0 radical (unpaired) electrons. The summed E-state index contributed by atoms with van der Waals surface area (Å²) in [7, 11) is 3.22. The van der Waals surface area contributed by atoms with Gasteiger partial charge in [0.2, 0.25) is 0 Å². The second kappa shape index (κ2) is 10.1. The SMILES string of the molecule is CCCCCc1ccc(-c2cn(Cc3cc(-c4ccc(OC)c(OC)c4)no3)nn2)cc1. The fourth-order valence-corrected chi connectivity index (χ4v) is 3.61. The Balaban J connectivity index is 1.43. The van der Waals surface area contributed by atoms with Crippen LogP contribution in [0.5, 0.6) is 11.5 Å². The molecule has 0 aliphatic heterocycles. The Labute approximate surface area is 188 Å². The zero-order chi connectivity index (χ0) is 22.3. The fraction of sp³-hybridized carbons (Fsp3) is 0.320. The molecule has 0 unspecified atom stereocenters. The summed E-state index contributed by atoms with van der Waals surface area (Å²) in [6, 6.07) is 16.1. The van der Waals surface area contributed by atoms with Crippen LogP contribution in [0.1, 0.15) is 37.5 Å². The second-order valence-corrected chi connectivity index (χ2v) is 7.70. The lowest BCUT2D eigenvalue weighted by molar-refractivity contribution is 0.355. The molecule has 2 aromatic carbocycles. The van der Waals surface area contributed by atoms with E-state index in [2.05, 4.69) is 46.7 Å². The molecular weight excluding hydrogens is 404 g/mol. The van der Waals surface area contributed by atoms with Gasteiger partial charge in [-0.05, 0) is 36.6 Å². The van der Waals surface area contributed by atoms with Crippen LogP contribution in [0.3, 0.4) is 0 Å². The number of nitrogens with zero attached hydrogens (tertiary/aromatic N) is 4. The summed E-state index contributed by atoms with van der Waals surface area (Å²) in [6.45, 7) is 2.67. The zero-order valence-corrected chi connectivity index (χ0v) is 18.7. The standard InChI is InChI=1S/C25H28N4O3/c1-4-5-6-7-18-8-10-19(11-9-18)23-17-29(28-26-23)16-21-15-22(27-32-21)20-12-13-24(30-2)25(14-20)31-3/h8-15,17H,4-7,16H2,1-3H3. The number of hydrogen-bond acceptors (Lipinski definition) is 6.